The Hall–Kier alpha value is -3.06. The summed E-state index contributed by atoms with van der Waals surface area (Å²) < 4.78 is 0. The van der Waals surface area contributed by atoms with Gasteiger partial charge in [0.2, 0.25) is 0 Å². The van der Waals surface area contributed by atoms with Crippen LogP contribution in [-0.4, -0.2) is 53.3 Å². The number of aliphatic hydroxyl groups is 1. The van der Waals surface area contributed by atoms with Crippen molar-refractivity contribution in [3.05, 3.63) is 60.2 Å². The zero-order valence-electron chi connectivity index (χ0n) is 16.6. The van der Waals surface area contributed by atoms with E-state index in [2.05, 4.69) is 10.6 Å². The lowest BCUT2D eigenvalue weighted by Crippen LogP contribution is -2.72. The fourth-order valence-electron chi connectivity index (χ4n) is 4.39. The van der Waals surface area contributed by atoms with Gasteiger partial charge in [0.05, 0.1) is 18.7 Å². The molecule has 7 nitrogen and oxygen atoms in total. The predicted octanol–water partition coefficient (Wildman–Crippen LogP) is 2.99. The molecular formula is C22H26N4O3. The zero-order valence-corrected chi connectivity index (χ0v) is 16.6. The number of hydrogen-bond acceptors (Lipinski definition) is 3. The second-order valence-electron chi connectivity index (χ2n) is 7.82. The van der Waals surface area contributed by atoms with Crippen LogP contribution in [0.2, 0.25) is 0 Å². The Morgan fingerprint density at radius 3 is 2.45 bits per heavy atom. The summed E-state index contributed by atoms with van der Waals surface area (Å²) >= 11 is 0. The van der Waals surface area contributed by atoms with Crippen molar-refractivity contribution >= 4 is 23.4 Å². The van der Waals surface area contributed by atoms with E-state index < -0.39 is 0 Å². The molecule has 2 aliphatic rings. The summed E-state index contributed by atoms with van der Waals surface area (Å²) in [5.41, 5.74) is 2.53. The highest BCUT2D eigenvalue weighted by Gasteiger charge is 2.55. The first-order valence-electron chi connectivity index (χ1n) is 9.93. The van der Waals surface area contributed by atoms with Crippen molar-refractivity contribution in [3.8, 4) is 0 Å². The second-order valence-corrected chi connectivity index (χ2v) is 7.82. The van der Waals surface area contributed by atoms with Gasteiger partial charge in [-0.2, -0.15) is 0 Å². The van der Waals surface area contributed by atoms with Gasteiger partial charge < -0.3 is 20.6 Å². The molecular weight excluding hydrogens is 368 g/mol. The molecule has 7 heteroatoms. The van der Waals surface area contributed by atoms with Gasteiger partial charge in [0, 0.05) is 29.9 Å². The molecule has 4 rings (SSSR count). The number of hydrogen-bond donors (Lipinski definition) is 3. The van der Waals surface area contributed by atoms with Crippen molar-refractivity contribution in [3.63, 3.8) is 0 Å². The van der Waals surface area contributed by atoms with E-state index in [0.717, 1.165) is 11.3 Å². The van der Waals surface area contributed by atoms with E-state index in [-0.39, 0.29) is 42.7 Å². The number of fused-ring (bicyclic) bond motifs is 3. The summed E-state index contributed by atoms with van der Waals surface area (Å²) in [5, 5.41) is 15.8. The van der Waals surface area contributed by atoms with Crippen LogP contribution < -0.4 is 15.5 Å². The van der Waals surface area contributed by atoms with Crippen LogP contribution in [0.3, 0.4) is 0 Å². The van der Waals surface area contributed by atoms with Gasteiger partial charge >= 0.3 is 12.1 Å². The number of para-hydroxylation sites is 2. The summed E-state index contributed by atoms with van der Waals surface area (Å²) in [6, 6.07) is 16.1. The van der Waals surface area contributed by atoms with Crippen LogP contribution >= 0.6 is 0 Å². The third kappa shape index (κ3) is 3.42. The number of amides is 4. The molecule has 152 valence electrons. The van der Waals surface area contributed by atoms with E-state index >= 15 is 0 Å². The van der Waals surface area contributed by atoms with Gasteiger partial charge in [-0.05, 0) is 37.6 Å². The largest absolute Gasteiger partial charge is 0.394 e. The molecule has 2 aromatic carbocycles. The predicted molar refractivity (Wildman–Crippen MR) is 112 cm³/mol. The summed E-state index contributed by atoms with van der Waals surface area (Å²) in [7, 11) is 0. The van der Waals surface area contributed by atoms with E-state index in [4.69, 9.17) is 0 Å². The smallest absolute Gasteiger partial charge is 0.326 e. The number of carbonyl (C=O) groups excluding carboxylic acids is 2. The Morgan fingerprint density at radius 1 is 1.07 bits per heavy atom. The average molecular weight is 394 g/mol. The molecule has 0 radical (unpaired) electrons. The van der Waals surface area contributed by atoms with Gasteiger partial charge in [-0.1, -0.05) is 36.4 Å². The molecule has 1 saturated heterocycles. The van der Waals surface area contributed by atoms with Crippen LogP contribution in [0.15, 0.2) is 54.6 Å². The van der Waals surface area contributed by atoms with E-state index in [1.54, 1.807) is 9.80 Å². The lowest BCUT2D eigenvalue weighted by atomic mass is 9.72. The van der Waals surface area contributed by atoms with Crippen LogP contribution in [0, 0.1) is 0 Å². The third-order valence-corrected chi connectivity index (χ3v) is 5.60. The lowest BCUT2D eigenvalue weighted by molar-refractivity contribution is -0.00739. The first-order valence-corrected chi connectivity index (χ1v) is 9.93. The molecule has 3 N–H and O–H groups in total. The minimum absolute atomic E-state index is 0.00532. The summed E-state index contributed by atoms with van der Waals surface area (Å²) in [6.07, 6.45) is 0. The van der Waals surface area contributed by atoms with Crippen LogP contribution in [-0.2, 0) is 0 Å². The van der Waals surface area contributed by atoms with Gasteiger partial charge in [-0.25, -0.2) is 9.59 Å². The standard InChI is InChI=1S/C22H26N4O3/c1-14(2)23-22(29)26-18-12-25(21(28)24-15-8-4-3-5-9-15)17-11-7-6-10-16(17)20(18)19(26)13-27/h3-11,14,18-20,27H,12-13H2,1-2H3,(H,23,29)(H,24,28)/t18-,19+,20+/m1/s1. The molecule has 1 fully saturated rings. The SMILES string of the molecule is CC(C)NC(=O)N1[C@@H]2CN(C(=O)Nc3ccccc3)c3ccccc3[C@@H]2[C@@H]1CO. The van der Waals surface area contributed by atoms with Crippen molar-refractivity contribution in [2.45, 2.75) is 37.9 Å². The first kappa shape index (κ1) is 19.3. The highest BCUT2D eigenvalue weighted by molar-refractivity contribution is 6.03. The van der Waals surface area contributed by atoms with Gasteiger partial charge in [0.15, 0.2) is 0 Å². The van der Waals surface area contributed by atoms with E-state index in [1.807, 2.05) is 68.4 Å². The Labute approximate surface area is 170 Å². The maximum atomic E-state index is 13.1. The van der Waals surface area contributed by atoms with Gasteiger partial charge in [0.25, 0.3) is 0 Å². The fourth-order valence-corrected chi connectivity index (χ4v) is 4.39. The average Bonchev–Trinajstić information content (AvgIpc) is 2.68. The van der Waals surface area contributed by atoms with Gasteiger partial charge in [0.1, 0.15) is 0 Å². The Morgan fingerprint density at radius 2 is 1.76 bits per heavy atom. The highest BCUT2D eigenvalue weighted by Crippen LogP contribution is 2.48. The molecule has 2 heterocycles. The van der Waals surface area contributed by atoms with Gasteiger partial charge in [-0.3, -0.25) is 4.90 Å². The maximum Gasteiger partial charge on any atom is 0.326 e. The van der Waals surface area contributed by atoms with Crippen LogP contribution in [0.5, 0.6) is 0 Å². The number of urea groups is 2. The maximum absolute atomic E-state index is 13.1. The number of nitrogens with zero attached hydrogens (tertiary/aromatic N) is 2. The summed E-state index contributed by atoms with van der Waals surface area (Å²) in [4.78, 5) is 29.2. The quantitative estimate of drug-likeness (QED) is 0.748. The molecule has 0 saturated carbocycles. The molecule has 4 amide bonds. The number of carbonyl (C=O) groups is 2. The Kier molecular flexibility index (Phi) is 5.15. The monoisotopic (exact) mass is 394 g/mol. The molecule has 0 aromatic heterocycles. The molecule has 0 unspecified atom stereocenters. The molecule has 0 spiro atoms. The fraction of sp³-hybridized carbons (Fsp3) is 0.364. The number of aliphatic hydroxyl groups excluding tert-OH is 1. The Bertz CT molecular complexity index is 902. The first-order chi connectivity index (χ1) is 14.0. The minimum atomic E-state index is -0.292. The molecule has 2 aliphatic heterocycles. The normalized spacial score (nSPS) is 22.4. The van der Waals surface area contributed by atoms with E-state index in [0.29, 0.717) is 12.2 Å². The van der Waals surface area contributed by atoms with E-state index in [9.17, 15) is 14.7 Å². The topological polar surface area (TPSA) is 84.9 Å². The number of likely N-dealkylation sites (tertiary alicyclic amines) is 1. The second kappa shape index (κ2) is 7.75. The number of rotatable bonds is 3. The van der Waals surface area contributed by atoms with Crippen molar-refractivity contribution in [1.29, 1.82) is 0 Å². The van der Waals surface area contributed by atoms with Crippen molar-refractivity contribution < 1.29 is 14.7 Å². The summed E-state index contributed by atoms with van der Waals surface area (Å²) in [5.74, 6) is 0.00916. The lowest BCUT2D eigenvalue weighted by Gasteiger charge is -2.58. The molecule has 2 aromatic rings. The summed E-state index contributed by atoms with van der Waals surface area (Å²) in [6.45, 7) is 4.07. The van der Waals surface area contributed by atoms with Crippen LogP contribution in [0.4, 0.5) is 21.0 Å². The van der Waals surface area contributed by atoms with E-state index in [1.165, 1.54) is 0 Å². The van der Waals surface area contributed by atoms with Crippen molar-refractivity contribution in [1.82, 2.24) is 10.2 Å². The van der Waals surface area contributed by atoms with Crippen LogP contribution in [0.1, 0.15) is 25.3 Å². The Balaban J connectivity index is 1.64. The molecule has 29 heavy (non-hydrogen) atoms. The van der Waals surface area contributed by atoms with Crippen molar-refractivity contribution in [2.75, 3.05) is 23.4 Å². The van der Waals surface area contributed by atoms with Gasteiger partial charge in [-0.15, -0.1) is 0 Å². The zero-order chi connectivity index (χ0) is 20.5. The molecule has 0 bridgehead atoms. The third-order valence-electron chi connectivity index (χ3n) is 5.60. The highest BCUT2D eigenvalue weighted by atomic mass is 16.3. The molecule has 0 aliphatic carbocycles. The number of anilines is 2. The minimum Gasteiger partial charge on any atom is -0.394 e. The van der Waals surface area contributed by atoms with Crippen molar-refractivity contribution in [2.24, 2.45) is 0 Å². The number of nitrogens with one attached hydrogen (secondary N) is 2. The van der Waals surface area contributed by atoms with Crippen LogP contribution in [0.25, 0.3) is 0 Å². The molecule has 3 atom stereocenters. The number of benzene rings is 2.